The number of nitro groups is 1. The predicted octanol–water partition coefficient (Wildman–Crippen LogP) is 4.18. The SMILES string of the molecule is COC(=O)C1CC(C)(C)CC(C)(C)CCN1c1ccccc1[N+](=O)[O-]. The van der Waals surface area contributed by atoms with Crippen LogP contribution in [0, 0.1) is 20.9 Å². The van der Waals surface area contributed by atoms with E-state index in [0.29, 0.717) is 18.7 Å². The Labute approximate surface area is 149 Å². The summed E-state index contributed by atoms with van der Waals surface area (Å²) in [6.07, 6.45) is 2.42. The molecule has 0 spiro atoms. The van der Waals surface area contributed by atoms with Crippen LogP contribution in [0.15, 0.2) is 24.3 Å². The molecule has 6 heteroatoms. The van der Waals surface area contributed by atoms with Gasteiger partial charge in [-0.3, -0.25) is 10.1 Å². The van der Waals surface area contributed by atoms with Gasteiger partial charge in [0.2, 0.25) is 0 Å². The molecule has 1 heterocycles. The molecule has 0 aliphatic carbocycles. The number of rotatable bonds is 3. The molecule has 2 rings (SSSR count). The van der Waals surface area contributed by atoms with E-state index >= 15 is 0 Å². The third-order valence-corrected chi connectivity index (χ3v) is 4.97. The van der Waals surface area contributed by atoms with Crippen molar-refractivity contribution in [3.05, 3.63) is 34.4 Å². The van der Waals surface area contributed by atoms with Crippen LogP contribution in [0.2, 0.25) is 0 Å². The third kappa shape index (κ3) is 4.50. The van der Waals surface area contributed by atoms with E-state index in [4.69, 9.17) is 4.74 Å². The minimum absolute atomic E-state index is 0.0209. The number of carbonyl (C=O) groups is 1. The quantitative estimate of drug-likeness (QED) is 0.465. The molecule has 1 fully saturated rings. The molecule has 0 bridgehead atoms. The van der Waals surface area contributed by atoms with E-state index in [1.165, 1.54) is 13.2 Å². The smallest absolute Gasteiger partial charge is 0.328 e. The van der Waals surface area contributed by atoms with Crippen molar-refractivity contribution in [1.82, 2.24) is 0 Å². The van der Waals surface area contributed by atoms with Gasteiger partial charge in [0, 0.05) is 12.6 Å². The van der Waals surface area contributed by atoms with Crippen molar-refractivity contribution in [2.24, 2.45) is 10.8 Å². The zero-order valence-electron chi connectivity index (χ0n) is 15.7. The first-order chi connectivity index (χ1) is 11.6. The lowest BCUT2D eigenvalue weighted by Crippen LogP contribution is -2.48. The number of hydrogen-bond acceptors (Lipinski definition) is 5. The summed E-state index contributed by atoms with van der Waals surface area (Å²) < 4.78 is 5.03. The predicted molar refractivity (Wildman–Crippen MR) is 97.7 cm³/mol. The van der Waals surface area contributed by atoms with E-state index in [2.05, 4.69) is 27.7 Å². The second kappa shape index (κ2) is 7.02. The highest BCUT2D eigenvalue weighted by Crippen LogP contribution is 2.44. The number of methoxy groups -OCH3 is 1. The van der Waals surface area contributed by atoms with E-state index in [1.54, 1.807) is 18.2 Å². The van der Waals surface area contributed by atoms with Gasteiger partial charge >= 0.3 is 5.97 Å². The normalized spacial score (nSPS) is 22.6. The van der Waals surface area contributed by atoms with Gasteiger partial charge in [0.05, 0.1) is 12.0 Å². The number of anilines is 1. The summed E-state index contributed by atoms with van der Waals surface area (Å²) in [7, 11) is 1.37. The monoisotopic (exact) mass is 348 g/mol. The van der Waals surface area contributed by atoms with Crippen LogP contribution >= 0.6 is 0 Å². The van der Waals surface area contributed by atoms with Crippen molar-refractivity contribution >= 4 is 17.3 Å². The maximum atomic E-state index is 12.5. The molecule has 1 aliphatic rings. The van der Waals surface area contributed by atoms with Crippen molar-refractivity contribution in [1.29, 1.82) is 0 Å². The average Bonchev–Trinajstić information content (AvgIpc) is 2.51. The van der Waals surface area contributed by atoms with Crippen molar-refractivity contribution in [2.45, 2.75) is 53.0 Å². The van der Waals surface area contributed by atoms with Crippen LogP contribution in [0.3, 0.4) is 0 Å². The number of nitrogens with zero attached hydrogens (tertiary/aromatic N) is 2. The van der Waals surface area contributed by atoms with Crippen molar-refractivity contribution < 1.29 is 14.5 Å². The van der Waals surface area contributed by atoms with Crippen LogP contribution in [0.1, 0.15) is 47.0 Å². The second-order valence-corrected chi connectivity index (χ2v) is 8.44. The number of ether oxygens (including phenoxy) is 1. The fraction of sp³-hybridized carbons (Fsp3) is 0.632. The molecule has 0 radical (unpaired) electrons. The maximum Gasteiger partial charge on any atom is 0.328 e. The van der Waals surface area contributed by atoms with Gasteiger partial charge in [0.1, 0.15) is 11.7 Å². The fourth-order valence-electron chi connectivity index (χ4n) is 4.16. The second-order valence-electron chi connectivity index (χ2n) is 8.44. The summed E-state index contributed by atoms with van der Waals surface area (Å²) in [5.41, 5.74) is 0.515. The number of carbonyl (C=O) groups excluding carboxylic acids is 1. The van der Waals surface area contributed by atoms with E-state index in [1.807, 2.05) is 4.90 Å². The number of esters is 1. The van der Waals surface area contributed by atoms with Crippen LogP contribution in [0.25, 0.3) is 0 Å². The first-order valence-electron chi connectivity index (χ1n) is 8.64. The van der Waals surface area contributed by atoms with Crippen LogP contribution < -0.4 is 4.90 Å². The molecule has 1 aromatic carbocycles. The molecular formula is C19H28N2O4. The van der Waals surface area contributed by atoms with Crippen LogP contribution in [-0.4, -0.2) is 30.6 Å². The lowest BCUT2D eigenvalue weighted by atomic mass is 9.69. The molecule has 1 unspecified atom stereocenters. The van der Waals surface area contributed by atoms with Gasteiger partial charge in [-0.1, -0.05) is 39.8 Å². The van der Waals surface area contributed by atoms with Gasteiger partial charge in [0.25, 0.3) is 5.69 Å². The molecular weight excluding hydrogens is 320 g/mol. The number of nitro benzene ring substituents is 1. The van der Waals surface area contributed by atoms with E-state index in [0.717, 1.165) is 12.8 Å². The molecule has 1 aromatic rings. The fourth-order valence-corrected chi connectivity index (χ4v) is 4.16. The minimum atomic E-state index is -0.530. The van der Waals surface area contributed by atoms with E-state index in [-0.39, 0.29) is 22.5 Å². The molecule has 138 valence electrons. The molecule has 0 N–H and O–H groups in total. The first-order valence-corrected chi connectivity index (χ1v) is 8.64. The molecule has 0 aromatic heterocycles. The number of benzene rings is 1. The standard InChI is InChI=1S/C19H28N2O4/c1-18(2)10-11-20(14-8-6-7-9-15(14)21(23)24)16(17(22)25-5)12-19(3,4)13-18/h6-9,16H,10-13H2,1-5H3. The van der Waals surface area contributed by atoms with Gasteiger partial charge in [-0.25, -0.2) is 4.79 Å². The highest BCUT2D eigenvalue weighted by atomic mass is 16.6. The van der Waals surface area contributed by atoms with Crippen molar-refractivity contribution in [3.63, 3.8) is 0 Å². The van der Waals surface area contributed by atoms with Gasteiger partial charge in [-0.05, 0) is 36.2 Å². The highest BCUT2D eigenvalue weighted by Gasteiger charge is 2.41. The summed E-state index contributed by atoms with van der Waals surface area (Å²) in [4.78, 5) is 25.5. The minimum Gasteiger partial charge on any atom is -0.467 e. The number of hydrogen-bond donors (Lipinski definition) is 0. The molecule has 1 aliphatic heterocycles. The Morgan fingerprint density at radius 1 is 1.24 bits per heavy atom. The van der Waals surface area contributed by atoms with E-state index < -0.39 is 11.0 Å². The molecule has 1 atom stereocenters. The summed E-state index contributed by atoms with van der Waals surface area (Å²) in [6.45, 7) is 9.30. The van der Waals surface area contributed by atoms with Gasteiger partial charge in [0.15, 0.2) is 0 Å². The third-order valence-electron chi connectivity index (χ3n) is 4.97. The van der Waals surface area contributed by atoms with Gasteiger partial charge in [-0.2, -0.15) is 0 Å². The average molecular weight is 348 g/mol. The van der Waals surface area contributed by atoms with Crippen LogP contribution in [-0.2, 0) is 9.53 Å². The van der Waals surface area contributed by atoms with Gasteiger partial charge in [-0.15, -0.1) is 0 Å². The van der Waals surface area contributed by atoms with Crippen molar-refractivity contribution in [3.8, 4) is 0 Å². The molecule has 6 nitrogen and oxygen atoms in total. The Hall–Kier alpha value is -2.11. The Balaban J connectivity index is 2.53. The zero-order valence-corrected chi connectivity index (χ0v) is 15.7. The Bertz CT molecular complexity index is 655. The Morgan fingerprint density at radius 2 is 1.88 bits per heavy atom. The topological polar surface area (TPSA) is 72.7 Å². The zero-order chi connectivity index (χ0) is 18.8. The molecule has 0 saturated carbocycles. The van der Waals surface area contributed by atoms with E-state index in [9.17, 15) is 14.9 Å². The van der Waals surface area contributed by atoms with Crippen LogP contribution in [0.4, 0.5) is 11.4 Å². The summed E-state index contributed by atoms with van der Waals surface area (Å²) in [6, 6.07) is 6.09. The van der Waals surface area contributed by atoms with Crippen LogP contribution in [0.5, 0.6) is 0 Å². The first kappa shape index (κ1) is 19.2. The summed E-state index contributed by atoms with van der Waals surface area (Å²) in [5.74, 6) is -0.342. The molecule has 1 saturated heterocycles. The maximum absolute atomic E-state index is 12.5. The summed E-state index contributed by atoms with van der Waals surface area (Å²) in [5, 5.41) is 11.5. The lowest BCUT2D eigenvalue weighted by Gasteiger charge is -2.44. The Kier molecular flexibility index (Phi) is 5.40. The number of para-hydroxylation sites is 2. The van der Waals surface area contributed by atoms with Gasteiger partial charge < -0.3 is 9.64 Å². The lowest BCUT2D eigenvalue weighted by molar-refractivity contribution is -0.384. The van der Waals surface area contributed by atoms with Crippen molar-refractivity contribution in [2.75, 3.05) is 18.6 Å². The summed E-state index contributed by atoms with van der Waals surface area (Å²) >= 11 is 0. The largest absolute Gasteiger partial charge is 0.467 e. The highest BCUT2D eigenvalue weighted by molar-refractivity contribution is 5.81. The molecule has 25 heavy (non-hydrogen) atoms. The Morgan fingerprint density at radius 3 is 2.48 bits per heavy atom. The molecule has 0 amide bonds.